The normalized spacial score (nSPS) is 11.0. The molecule has 0 atom stereocenters. The first-order chi connectivity index (χ1) is 10.4. The maximum absolute atomic E-state index is 12.2. The summed E-state index contributed by atoms with van der Waals surface area (Å²) < 4.78 is 0. The van der Waals surface area contributed by atoms with Crippen molar-refractivity contribution in [1.82, 2.24) is 14.9 Å². The number of rotatable bonds is 6. The molecular formula is C16H24N4OS. The number of anilines is 1. The van der Waals surface area contributed by atoms with Gasteiger partial charge in [-0.25, -0.2) is 9.97 Å². The second-order valence-electron chi connectivity index (χ2n) is 5.61. The average molecular weight is 320 g/mol. The fraction of sp³-hybridized carbons (Fsp3) is 0.562. The Hall–Kier alpha value is -1.69. The van der Waals surface area contributed by atoms with Crippen LogP contribution in [0.4, 0.5) is 5.82 Å². The Morgan fingerprint density at radius 2 is 2.00 bits per heavy atom. The lowest BCUT2D eigenvalue weighted by Gasteiger charge is -2.17. The fourth-order valence-electron chi connectivity index (χ4n) is 2.30. The molecule has 0 fully saturated rings. The zero-order chi connectivity index (χ0) is 16.3. The summed E-state index contributed by atoms with van der Waals surface area (Å²) in [6, 6.07) is 0. The van der Waals surface area contributed by atoms with Gasteiger partial charge in [0.25, 0.3) is 0 Å². The van der Waals surface area contributed by atoms with E-state index in [0.717, 1.165) is 41.2 Å². The lowest BCUT2D eigenvalue weighted by molar-refractivity contribution is -0.128. The van der Waals surface area contributed by atoms with Gasteiger partial charge in [0.15, 0.2) is 0 Å². The molecule has 120 valence electrons. The molecule has 0 spiro atoms. The van der Waals surface area contributed by atoms with Crippen molar-refractivity contribution in [1.29, 1.82) is 0 Å². The average Bonchev–Trinajstić information content (AvgIpc) is 2.76. The summed E-state index contributed by atoms with van der Waals surface area (Å²) in [5.41, 5.74) is 1.19. The van der Waals surface area contributed by atoms with Crippen molar-refractivity contribution in [2.24, 2.45) is 0 Å². The van der Waals surface area contributed by atoms with Crippen LogP contribution in [0.5, 0.6) is 0 Å². The molecule has 6 heteroatoms. The summed E-state index contributed by atoms with van der Waals surface area (Å²) in [6.07, 6.45) is 2.12. The number of fused-ring (bicyclic) bond motifs is 1. The summed E-state index contributed by atoms with van der Waals surface area (Å²) in [6.45, 7) is 9.23. The van der Waals surface area contributed by atoms with Gasteiger partial charge in [-0.05, 0) is 32.8 Å². The Labute approximate surface area is 135 Å². The summed E-state index contributed by atoms with van der Waals surface area (Å²) in [7, 11) is 1.85. The summed E-state index contributed by atoms with van der Waals surface area (Å²) in [5, 5.41) is 4.24. The van der Waals surface area contributed by atoms with Crippen LogP contribution in [0.3, 0.4) is 0 Å². The Bertz CT molecular complexity index is 680. The minimum atomic E-state index is 0.0856. The zero-order valence-corrected chi connectivity index (χ0v) is 14.8. The Morgan fingerprint density at radius 1 is 1.27 bits per heavy atom. The van der Waals surface area contributed by atoms with E-state index < -0.39 is 0 Å². The van der Waals surface area contributed by atoms with E-state index in [0.29, 0.717) is 0 Å². The first-order valence-electron chi connectivity index (χ1n) is 7.66. The van der Waals surface area contributed by atoms with Gasteiger partial charge >= 0.3 is 0 Å². The molecule has 0 saturated heterocycles. The van der Waals surface area contributed by atoms with Gasteiger partial charge < -0.3 is 10.2 Å². The highest BCUT2D eigenvalue weighted by Gasteiger charge is 2.15. The lowest BCUT2D eigenvalue weighted by atomic mass is 10.2. The third-order valence-corrected chi connectivity index (χ3v) is 4.92. The Morgan fingerprint density at radius 3 is 2.68 bits per heavy atom. The SMILES string of the molecule is CCCCN(C)C(=O)CNc1nc(C)nc2sc(C)c(C)c12. The molecule has 2 aromatic rings. The van der Waals surface area contributed by atoms with Gasteiger partial charge in [-0.15, -0.1) is 11.3 Å². The summed E-state index contributed by atoms with van der Waals surface area (Å²) in [4.78, 5) is 25.1. The van der Waals surface area contributed by atoms with E-state index in [1.165, 1.54) is 10.4 Å². The number of unbranched alkanes of at least 4 members (excludes halogenated alkanes) is 1. The summed E-state index contributed by atoms with van der Waals surface area (Å²) in [5.74, 6) is 1.58. The first-order valence-corrected chi connectivity index (χ1v) is 8.47. The number of carbonyl (C=O) groups excluding carboxylic acids is 1. The number of aromatic nitrogens is 2. The maximum atomic E-state index is 12.2. The Kier molecular flexibility index (Phi) is 5.34. The topological polar surface area (TPSA) is 58.1 Å². The monoisotopic (exact) mass is 320 g/mol. The highest BCUT2D eigenvalue weighted by Crippen LogP contribution is 2.33. The number of carbonyl (C=O) groups is 1. The van der Waals surface area contributed by atoms with Crippen LogP contribution in [-0.4, -0.2) is 40.9 Å². The number of likely N-dealkylation sites (N-methyl/N-ethyl adjacent to an activating group) is 1. The number of hydrogen-bond acceptors (Lipinski definition) is 5. The molecule has 2 aromatic heterocycles. The van der Waals surface area contributed by atoms with Gasteiger partial charge in [0.2, 0.25) is 5.91 Å². The maximum Gasteiger partial charge on any atom is 0.241 e. The van der Waals surface area contributed by atoms with Crippen LogP contribution in [0.25, 0.3) is 10.2 Å². The van der Waals surface area contributed by atoms with E-state index in [2.05, 4.69) is 36.1 Å². The van der Waals surface area contributed by atoms with Crippen LogP contribution in [0, 0.1) is 20.8 Å². The van der Waals surface area contributed by atoms with Gasteiger partial charge in [0.1, 0.15) is 16.5 Å². The highest BCUT2D eigenvalue weighted by molar-refractivity contribution is 7.18. The predicted molar refractivity (Wildman–Crippen MR) is 92.7 cm³/mol. The molecule has 5 nitrogen and oxygen atoms in total. The molecule has 0 aliphatic carbocycles. The molecule has 0 bridgehead atoms. The largest absolute Gasteiger partial charge is 0.360 e. The van der Waals surface area contributed by atoms with E-state index in [4.69, 9.17) is 0 Å². The molecule has 0 radical (unpaired) electrons. The van der Waals surface area contributed by atoms with Crippen LogP contribution in [0.1, 0.15) is 36.0 Å². The van der Waals surface area contributed by atoms with Gasteiger partial charge in [0.05, 0.1) is 11.9 Å². The van der Waals surface area contributed by atoms with E-state index >= 15 is 0 Å². The van der Waals surface area contributed by atoms with Crippen molar-refractivity contribution in [3.05, 3.63) is 16.3 Å². The fourth-order valence-corrected chi connectivity index (χ4v) is 3.37. The number of hydrogen-bond donors (Lipinski definition) is 1. The van der Waals surface area contributed by atoms with Gasteiger partial charge in [0, 0.05) is 18.5 Å². The lowest BCUT2D eigenvalue weighted by Crippen LogP contribution is -2.33. The van der Waals surface area contributed by atoms with Crippen molar-refractivity contribution < 1.29 is 4.79 Å². The van der Waals surface area contributed by atoms with Crippen molar-refractivity contribution >= 4 is 33.3 Å². The van der Waals surface area contributed by atoms with E-state index in [-0.39, 0.29) is 12.5 Å². The number of amides is 1. The molecule has 1 amide bonds. The zero-order valence-electron chi connectivity index (χ0n) is 14.0. The predicted octanol–water partition coefficient (Wildman–Crippen LogP) is 3.29. The third kappa shape index (κ3) is 3.55. The molecule has 0 aliphatic rings. The molecule has 0 aliphatic heterocycles. The molecule has 2 rings (SSSR count). The van der Waals surface area contributed by atoms with Crippen LogP contribution >= 0.6 is 11.3 Å². The quantitative estimate of drug-likeness (QED) is 0.887. The van der Waals surface area contributed by atoms with Crippen LogP contribution < -0.4 is 5.32 Å². The second kappa shape index (κ2) is 7.05. The first kappa shape index (κ1) is 16.7. The third-order valence-electron chi connectivity index (χ3n) is 3.82. The van der Waals surface area contributed by atoms with Gasteiger partial charge in [-0.1, -0.05) is 13.3 Å². The van der Waals surface area contributed by atoms with E-state index in [1.54, 1.807) is 16.2 Å². The number of nitrogens with one attached hydrogen (secondary N) is 1. The van der Waals surface area contributed by atoms with E-state index in [9.17, 15) is 4.79 Å². The van der Waals surface area contributed by atoms with E-state index in [1.807, 2.05) is 14.0 Å². The molecule has 0 unspecified atom stereocenters. The van der Waals surface area contributed by atoms with Crippen molar-refractivity contribution in [3.63, 3.8) is 0 Å². The highest BCUT2D eigenvalue weighted by atomic mass is 32.1. The molecular weight excluding hydrogens is 296 g/mol. The number of nitrogens with zero attached hydrogens (tertiary/aromatic N) is 3. The second-order valence-corrected chi connectivity index (χ2v) is 6.81. The van der Waals surface area contributed by atoms with Gasteiger partial charge in [-0.3, -0.25) is 4.79 Å². The van der Waals surface area contributed by atoms with Crippen molar-refractivity contribution in [2.75, 3.05) is 25.5 Å². The number of thiophene rings is 1. The van der Waals surface area contributed by atoms with Crippen molar-refractivity contribution in [3.8, 4) is 0 Å². The molecule has 1 N–H and O–H groups in total. The van der Waals surface area contributed by atoms with Gasteiger partial charge in [-0.2, -0.15) is 0 Å². The molecule has 0 aromatic carbocycles. The smallest absolute Gasteiger partial charge is 0.241 e. The summed E-state index contributed by atoms with van der Waals surface area (Å²) >= 11 is 1.67. The molecule has 22 heavy (non-hydrogen) atoms. The van der Waals surface area contributed by atoms with Crippen molar-refractivity contribution in [2.45, 2.75) is 40.5 Å². The van der Waals surface area contributed by atoms with Crippen LogP contribution in [-0.2, 0) is 4.79 Å². The molecule has 2 heterocycles. The Balaban J connectivity index is 2.16. The minimum absolute atomic E-state index is 0.0856. The minimum Gasteiger partial charge on any atom is -0.360 e. The number of aryl methyl sites for hydroxylation is 3. The van der Waals surface area contributed by atoms with Crippen LogP contribution in [0.15, 0.2) is 0 Å². The standard InChI is InChI=1S/C16H24N4OS/c1-6-7-8-20(5)13(21)9-17-15-14-10(2)11(3)22-16(14)19-12(4)18-15/h6-9H2,1-5H3,(H,17,18,19). The van der Waals surface area contributed by atoms with Crippen LogP contribution in [0.2, 0.25) is 0 Å². The molecule has 0 saturated carbocycles.